The highest BCUT2D eigenvalue weighted by Crippen LogP contribution is 2.34. The average Bonchev–Trinajstić information content (AvgIpc) is 3.21. The van der Waals surface area contributed by atoms with Gasteiger partial charge in [0.2, 0.25) is 6.79 Å². The molecule has 26 heavy (non-hydrogen) atoms. The van der Waals surface area contributed by atoms with Gasteiger partial charge in [0.05, 0.1) is 0 Å². The number of anilines is 1. The summed E-state index contributed by atoms with van der Waals surface area (Å²) in [4.78, 5) is 26.2. The van der Waals surface area contributed by atoms with Crippen LogP contribution < -0.4 is 14.8 Å². The van der Waals surface area contributed by atoms with Gasteiger partial charge in [0.15, 0.2) is 17.6 Å². The number of hydrogen-bond acceptors (Lipinski definition) is 6. The number of aryl methyl sites for hydroxylation is 2. The fraction of sp³-hybridized carbons (Fsp3) is 0.368. The summed E-state index contributed by atoms with van der Waals surface area (Å²) in [5.74, 6) is 0.330. The number of thiophene rings is 1. The van der Waals surface area contributed by atoms with Crippen LogP contribution >= 0.6 is 11.3 Å². The second kappa shape index (κ2) is 7.78. The van der Waals surface area contributed by atoms with Gasteiger partial charge in [-0.25, -0.2) is 4.79 Å². The minimum absolute atomic E-state index is 0.168. The van der Waals surface area contributed by atoms with Crippen molar-refractivity contribution in [3.05, 3.63) is 39.6 Å². The molecule has 1 aliphatic rings. The van der Waals surface area contributed by atoms with Crippen molar-refractivity contribution in [2.24, 2.45) is 0 Å². The fourth-order valence-corrected chi connectivity index (χ4v) is 3.58. The molecule has 0 spiro atoms. The van der Waals surface area contributed by atoms with E-state index in [2.05, 4.69) is 12.2 Å². The van der Waals surface area contributed by atoms with Gasteiger partial charge in [0.1, 0.15) is 4.88 Å². The lowest BCUT2D eigenvalue weighted by atomic mass is 10.1. The Morgan fingerprint density at radius 3 is 2.81 bits per heavy atom. The van der Waals surface area contributed by atoms with Crippen molar-refractivity contribution in [3.8, 4) is 11.5 Å². The Kier molecular flexibility index (Phi) is 5.46. The van der Waals surface area contributed by atoms with E-state index in [-0.39, 0.29) is 6.79 Å². The Morgan fingerprint density at radius 2 is 2.04 bits per heavy atom. The molecule has 2 aromatic rings. The number of amides is 1. The van der Waals surface area contributed by atoms with E-state index in [4.69, 9.17) is 14.2 Å². The third-order valence-corrected chi connectivity index (χ3v) is 5.11. The SMILES string of the molecule is CCCc1cc(C(=O)O[C@H](C)C(=O)Nc2ccc3c(c2)OCO3)sc1C. The molecule has 6 nitrogen and oxygen atoms in total. The van der Waals surface area contributed by atoms with Crippen molar-refractivity contribution < 1.29 is 23.8 Å². The van der Waals surface area contributed by atoms with Crippen LogP contribution in [0.4, 0.5) is 5.69 Å². The molecule has 0 unspecified atom stereocenters. The quantitative estimate of drug-likeness (QED) is 0.775. The fourth-order valence-electron chi connectivity index (χ4n) is 2.63. The Hall–Kier alpha value is -2.54. The lowest BCUT2D eigenvalue weighted by Crippen LogP contribution is -2.29. The van der Waals surface area contributed by atoms with Gasteiger partial charge in [-0.2, -0.15) is 0 Å². The number of fused-ring (bicyclic) bond motifs is 1. The number of carbonyl (C=O) groups excluding carboxylic acids is 2. The van der Waals surface area contributed by atoms with Crippen molar-refractivity contribution in [3.63, 3.8) is 0 Å². The first kappa shape index (κ1) is 18.3. The zero-order valence-corrected chi connectivity index (χ0v) is 15.8. The second-order valence-electron chi connectivity index (χ2n) is 6.05. The van der Waals surface area contributed by atoms with Crippen LogP contribution in [-0.2, 0) is 16.0 Å². The molecule has 0 saturated heterocycles. The molecule has 1 aliphatic heterocycles. The summed E-state index contributed by atoms with van der Waals surface area (Å²) in [7, 11) is 0. The maximum Gasteiger partial charge on any atom is 0.349 e. The Labute approximate surface area is 156 Å². The van der Waals surface area contributed by atoms with E-state index >= 15 is 0 Å². The molecule has 1 N–H and O–H groups in total. The highest BCUT2D eigenvalue weighted by Gasteiger charge is 2.22. The van der Waals surface area contributed by atoms with Crippen molar-refractivity contribution in [1.82, 2.24) is 0 Å². The second-order valence-corrected chi connectivity index (χ2v) is 7.30. The number of ether oxygens (including phenoxy) is 3. The van der Waals surface area contributed by atoms with E-state index in [9.17, 15) is 9.59 Å². The Bertz CT molecular complexity index is 829. The van der Waals surface area contributed by atoms with Crippen molar-refractivity contribution in [2.75, 3.05) is 12.1 Å². The van der Waals surface area contributed by atoms with E-state index in [0.717, 1.165) is 23.3 Å². The molecule has 0 saturated carbocycles. The molecule has 0 fully saturated rings. The monoisotopic (exact) mass is 375 g/mol. The van der Waals surface area contributed by atoms with Gasteiger partial charge in [-0.15, -0.1) is 11.3 Å². The van der Waals surface area contributed by atoms with Gasteiger partial charge in [-0.3, -0.25) is 4.79 Å². The summed E-state index contributed by atoms with van der Waals surface area (Å²) in [5, 5.41) is 2.72. The standard InChI is InChI=1S/C19H21NO5S/c1-4-5-13-8-17(26-12(13)3)19(22)25-11(2)18(21)20-14-6-7-15-16(9-14)24-10-23-15/h6-9,11H,4-5,10H2,1-3H3,(H,20,21)/t11-/m1/s1. The van der Waals surface area contributed by atoms with Gasteiger partial charge >= 0.3 is 5.97 Å². The summed E-state index contributed by atoms with van der Waals surface area (Å²) in [5.41, 5.74) is 1.71. The molecule has 1 aromatic carbocycles. The highest BCUT2D eigenvalue weighted by atomic mass is 32.1. The summed E-state index contributed by atoms with van der Waals surface area (Å²) in [6, 6.07) is 6.96. The average molecular weight is 375 g/mol. The van der Waals surface area contributed by atoms with Crippen LogP contribution in [0.1, 0.15) is 40.4 Å². The normalized spacial score (nSPS) is 13.3. The van der Waals surface area contributed by atoms with Crippen LogP contribution in [0.15, 0.2) is 24.3 Å². The maximum absolute atomic E-state index is 12.3. The number of hydrogen-bond donors (Lipinski definition) is 1. The summed E-state index contributed by atoms with van der Waals surface area (Å²) in [6.07, 6.45) is 1.03. The Balaban J connectivity index is 1.60. The van der Waals surface area contributed by atoms with Crippen molar-refractivity contribution in [1.29, 1.82) is 0 Å². The van der Waals surface area contributed by atoms with E-state index in [1.807, 2.05) is 13.0 Å². The predicted octanol–water partition coefficient (Wildman–Crippen LogP) is 3.92. The van der Waals surface area contributed by atoms with Crippen LogP contribution in [0.2, 0.25) is 0 Å². The smallest absolute Gasteiger partial charge is 0.349 e. The molecule has 0 aliphatic carbocycles. The van der Waals surface area contributed by atoms with Crippen LogP contribution in [0.25, 0.3) is 0 Å². The number of nitrogens with one attached hydrogen (secondary N) is 1. The number of carbonyl (C=O) groups is 2. The van der Waals surface area contributed by atoms with Crippen LogP contribution in [-0.4, -0.2) is 24.8 Å². The van der Waals surface area contributed by atoms with E-state index in [1.165, 1.54) is 11.3 Å². The predicted molar refractivity (Wildman–Crippen MR) is 99.1 cm³/mol. The zero-order chi connectivity index (χ0) is 18.7. The molecule has 2 heterocycles. The van der Waals surface area contributed by atoms with Crippen molar-refractivity contribution >= 4 is 28.9 Å². The molecule has 138 valence electrons. The molecular formula is C19H21NO5S. The summed E-state index contributed by atoms with van der Waals surface area (Å²) < 4.78 is 15.8. The van der Waals surface area contributed by atoms with E-state index < -0.39 is 18.0 Å². The molecule has 1 amide bonds. The molecular weight excluding hydrogens is 354 g/mol. The molecule has 0 bridgehead atoms. The van der Waals surface area contributed by atoms with Gasteiger partial charge in [-0.05, 0) is 44.0 Å². The molecule has 0 radical (unpaired) electrons. The van der Waals surface area contributed by atoms with Crippen molar-refractivity contribution in [2.45, 2.75) is 39.7 Å². The largest absolute Gasteiger partial charge is 0.454 e. The molecule has 1 atom stereocenters. The zero-order valence-electron chi connectivity index (χ0n) is 15.0. The summed E-state index contributed by atoms with van der Waals surface area (Å²) in [6.45, 7) is 5.80. The Morgan fingerprint density at radius 1 is 1.27 bits per heavy atom. The van der Waals surface area contributed by atoms with Gasteiger partial charge in [0, 0.05) is 16.6 Å². The number of esters is 1. The lowest BCUT2D eigenvalue weighted by Gasteiger charge is -2.13. The number of benzene rings is 1. The lowest BCUT2D eigenvalue weighted by molar-refractivity contribution is -0.123. The topological polar surface area (TPSA) is 73.9 Å². The maximum atomic E-state index is 12.3. The van der Waals surface area contributed by atoms with Gasteiger partial charge in [-0.1, -0.05) is 13.3 Å². The van der Waals surface area contributed by atoms with Crippen LogP contribution in [0, 0.1) is 6.92 Å². The van der Waals surface area contributed by atoms with Crippen LogP contribution in [0.5, 0.6) is 11.5 Å². The molecule has 1 aromatic heterocycles. The summed E-state index contributed by atoms with van der Waals surface area (Å²) >= 11 is 1.40. The molecule has 3 rings (SSSR count). The van der Waals surface area contributed by atoms with Gasteiger partial charge in [0.25, 0.3) is 5.91 Å². The third kappa shape index (κ3) is 3.99. The third-order valence-electron chi connectivity index (χ3n) is 4.03. The highest BCUT2D eigenvalue weighted by molar-refractivity contribution is 7.14. The minimum Gasteiger partial charge on any atom is -0.454 e. The van der Waals surface area contributed by atoms with E-state index in [1.54, 1.807) is 25.1 Å². The first-order valence-electron chi connectivity index (χ1n) is 8.48. The van der Waals surface area contributed by atoms with Gasteiger partial charge < -0.3 is 19.5 Å². The number of rotatable bonds is 6. The molecule has 7 heteroatoms. The van der Waals surface area contributed by atoms with E-state index in [0.29, 0.717) is 22.1 Å². The minimum atomic E-state index is -0.912. The van der Waals surface area contributed by atoms with Crippen LogP contribution in [0.3, 0.4) is 0 Å². The first-order chi connectivity index (χ1) is 12.5. The first-order valence-corrected chi connectivity index (χ1v) is 9.30.